The van der Waals surface area contributed by atoms with E-state index in [2.05, 4.69) is 36.6 Å². The second-order valence-electron chi connectivity index (χ2n) is 18.9. The normalized spacial score (nSPS) is 45.2. The van der Waals surface area contributed by atoms with Crippen LogP contribution >= 0.6 is 0 Å². The lowest BCUT2D eigenvalue weighted by Gasteiger charge is -2.60. The third-order valence-corrected chi connectivity index (χ3v) is 16.5. The molecule has 8 aliphatic rings. The summed E-state index contributed by atoms with van der Waals surface area (Å²) in [7, 11) is 0. The molecular formula is C42H66N2O4. The zero-order valence-corrected chi connectivity index (χ0v) is 30.6. The van der Waals surface area contributed by atoms with Crippen LogP contribution < -0.4 is 0 Å². The minimum absolute atomic E-state index is 0.0832. The molecule has 0 aromatic heterocycles. The van der Waals surface area contributed by atoms with E-state index >= 15 is 0 Å². The Morgan fingerprint density at radius 2 is 1.71 bits per heavy atom. The van der Waals surface area contributed by atoms with Crippen molar-refractivity contribution in [2.75, 3.05) is 39.3 Å². The monoisotopic (exact) mass is 663 g/mol. The summed E-state index contributed by atoms with van der Waals surface area (Å²) >= 11 is 0. The first-order valence-corrected chi connectivity index (χ1v) is 20.8. The molecule has 3 saturated heterocycles. The summed E-state index contributed by atoms with van der Waals surface area (Å²) in [6, 6.07) is 0. The fraction of sp³-hybridized carbons (Fsp3) is 0.905. The van der Waals surface area contributed by atoms with Gasteiger partial charge in [-0.2, -0.15) is 0 Å². The number of piperidine rings is 2. The Balaban J connectivity index is 1.06. The van der Waals surface area contributed by atoms with Crippen molar-refractivity contribution in [3.63, 3.8) is 0 Å². The molecule has 0 radical (unpaired) electrons. The van der Waals surface area contributed by atoms with Gasteiger partial charge in [0.1, 0.15) is 11.7 Å². The lowest BCUT2D eigenvalue weighted by molar-refractivity contribution is -0.197. The fourth-order valence-electron chi connectivity index (χ4n) is 14.4. The maximum Gasteiger partial charge on any atom is 0.315 e. The molecule has 7 fully saturated rings. The van der Waals surface area contributed by atoms with Crippen LogP contribution in [0.3, 0.4) is 0 Å². The van der Waals surface area contributed by atoms with Gasteiger partial charge in [-0.3, -0.25) is 4.79 Å². The molecule has 6 unspecified atom stereocenters. The molecule has 1 N–H and O–H groups in total. The second kappa shape index (κ2) is 13.1. The predicted molar refractivity (Wildman–Crippen MR) is 189 cm³/mol. The van der Waals surface area contributed by atoms with Crippen molar-refractivity contribution in [2.45, 2.75) is 136 Å². The standard InChI is InChI=1S/C42H66N2O4/c1-28(2)36-23-33-24-40(27-45)35-12-11-29(3)34(35)25-41(33,42(36,40)39(46)47)38-22-32(21-31-9-5-6-10-31)37(48-38)26-44-19-14-30(15-20-44)13-18-43-16-7-4-8-17-43/h23,27-35,37-38H,4-22,24-26H2,1-3H3,(H,46,47)/t29-,32?,33?,34-,35-,37?,38?,40?,41?,42+/m1/s1. The van der Waals surface area contributed by atoms with E-state index in [1.165, 1.54) is 110 Å². The van der Waals surface area contributed by atoms with E-state index in [0.717, 1.165) is 56.1 Å². The maximum atomic E-state index is 14.2. The number of carbonyl (C=O) groups excluding carboxylic acids is 1. The van der Waals surface area contributed by atoms with E-state index < -0.39 is 22.2 Å². The van der Waals surface area contributed by atoms with Gasteiger partial charge in [0.15, 0.2) is 0 Å². The van der Waals surface area contributed by atoms with Gasteiger partial charge in [0.05, 0.1) is 17.6 Å². The van der Waals surface area contributed by atoms with E-state index in [1.807, 2.05) is 0 Å². The van der Waals surface area contributed by atoms with Gasteiger partial charge in [-0.25, -0.2) is 0 Å². The van der Waals surface area contributed by atoms with Gasteiger partial charge in [-0.05, 0) is 144 Å². The van der Waals surface area contributed by atoms with E-state index in [9.17, 15) is 14.7 Å². The van der Waals surface area contributed by atoms with Crippen LogP contribution in [0, 0.1) is 63.6 Å². The van der Waals surface area contributed by atoms with Crippen molar-refractivity contribution in [2.24, 2.45) is 63.6 Å². The Kier molecular flexibility index (Phi) is 9.22. The number of nitrogens with zero attached hydrogens (tertiary/aromatic N) is 2. The molecule has 268 valence electrons. The zero-order valence-electron chi connectivity index (χ0n) is 30.6. The Morgan fingerprint density at radius 1 is 0.958 bits per heavy atom. The summed E-state index contributed by atoms with van der Waals surface area (Å²) in [6.07, 6.45) is 23.2. The van der Waals surface area contributed by atoms with Crippen LogP contribution in [0.5, 0.6) is 0 Å². The van der Waals surface area contributed by atoms with Crippen LogP contribution in [0.15, 0.2) is 11.6 Å². The molecule has 4 bridgehead atoms. The number of hydrogen-bond acceptors (Lipinski definition) is 5. The van der Waals surface area contributed by atoms with Crippen molar-refractivity contribution < 1.29 is 19.4 Å². The highest BCUT2D eigenvalue weighted by atomic mass is 16.5. The number of allylic oxidation sites excluding steroid dienone is 1. The summed E-state index contributed by atoms with van der Waals surface area (Å²) in [4.78, 5) is 33.3. The van der Waals surface area contributed by atoms with Gasteiger partial charge < -0.3 is 24.4 Å². The van der Waals surface area contributed by atoms with E-state index in [4.69, 9.17) is 4.74 Å². The zero-order chi connectivity index (χ0) is 33.3. The lowest BCUT2D eigenvalue weighted by atomic mass is 9.41. The SMILES string of the molecule is CC(C)C1=CC2CC3(C=O)[C@@H]4CC[C@@H](C)[C@H]4CC2(C2CC(CC4CCCC4)C(CN4CCC(CCN5CCCCC5)CC4)O2)[C@]13C(=O)O. The molecule has 48 heavy (non-hydrogen) atoms. The third kappa shape index (κ3) is 5.01. The molecule has 0 spiro atoms. The minimum atomic E-state index is -1.13. The second-order valence-corrected chi connectivity index (χ2v) is 18.9. The molecule has 6 heteroatoms. The Labute approximate surface area is 291 Å². The van der Waals surface area contributed by atoms with Gasteiger partial charge in [0.2, 0.25) is 0 Å². The summed E-state index contributed by atoms with van der Waals surface area (Å²) in [6.45, 7) is 14.0. The summed E-state index contributed by atoms with van der Waals surface area (Å²) in [5.41, 5.74) is -1.38. The quantitative estimate of drug-likeness (QED) is 0.180. The largest absolute Gasteiger partial charge is 0.481 e. The van der Waals surface area contributed by atoms with Gasteiger partial charge in [-0.1, -0.05) is 70.9 Å². The molecule has 6 nitrogen and oxygen atoms in total. The van der Waals surface area contributed by atoms with Gasteiger partial charge in [-0.15, -0.1) is 0 Å². The molecule has 0 aromatic rings. The summed E-state index contributed by atoms with van der Waals surface area (Å²) in [5.74, 6) is 2.79. The number of likely N-dealkylation sites (tertiary alicyclic amines) is 2. The number of carboxylic acids is 1. The smallest absolute Gasteiger partial charge is 0.315 e. The van der Waals surface area contributed by atoms with E-state index in [1.54, 1.807) is 0 Å². The van der Waals surface area contributed by atoms with Crippen molar-refractivity contribution in [1.82, 2.24) is 9.80 Å². The van der Waals surface area contributed by atoms with Gasteiger partial charge >= 0.3 is 5.97 Å². The van der Waals surface area contributed by atoms with Crippen LogP contribution in [0.4, 0.5) is 0 Å². The van der Waals surface area contributed by atoms with Crippen LogP contribution in [-0.4, -0.2) is 78.6 Å². The van der Waals surface area contributed by atoms with Crippen LogP contribution in [0.25, 0.3) is 0 Å². The first-order valence-electron chi connectivity index (χ1n) is 20.8. The van der Waals surface area contributed by atoms with Crippen molar-refractivity contribution in [3.05, 3.63) is 11.6 Å². The Bertz CT molecular complexity index is 1230. The summed E-state index contributed by atoms with van der Waals surface area (Å²) in [5, 5.41) is 11.6. The molecule has 3 heterocycles. The highest BCUT2D eigenvalue weighted by molar-refractivity contribution is 5.90. The lowest BCUT2D eigenvalue weighted by Crippen LogP contribution is -2.65. The third-order valence-electron chi connectivity index (χ3n) is 16.5. The van der Waals surface area contributed by atoms with Crippen molar-refractivity contribution in [1.29, 1.82) is 0 Å². The number of carbonyl (C=O) groups is 2. The number of aldehydes is 1. The molecule has 4 saturated carbocycles. The van der Waals surface area contributed by atoms with Gasteiger partial charge in [0, 0.05) is 12.0 Å². The Morgan fingerprint density at radius 3 is 2.40 bits per heavy atom. The van der Waals surface area contributed by atoms with Crippen LogP contribution in [0.1, 0.15) is 124 Å². The number of rotatable bonds is 11. The molecular weight excluding hydrogens is 596 g/mol. The highest BCUT2D eigenvalue weighted by Crippen LogP contribution is 2.84. The van der Waals surface area contributed by atoms with E-state index in [0.29, 0.717) is 17.8 Å². The highest BCUT2D eigenvalue weighted by Gasteiger charge is 2.86. The molecule has 0 aromatic carbocycles. The average molecular weight is 663 g/mol. The number of hydrogen-bond donors (Lipinski definition) is 1. The topological polar surface area (TPSA) is 70.1 Å². The minimum Gasteiger partial charge on any atom is -0.481 e. The number of carboxylic acid groups (broad SMARTS) is 1. The average Bonchev–Trinajstić information content (AvgIpc) is 3.91. The van der Waals surface area contributed by atoms with Crippen molar-refractivity contribution >= 4 is 12.3 Å². The van der Waals surface area contributed by atoms with E-state index in [-0.39, 0.29) is 30.0 Å². The number of aliphatic carboxylic acids is 1. The van der Waals surface area contributed by atoms with Gasteiger partial charge in [0.25, 0.3) is 0 Å². The molecule has 5 aliphatic carbocycles. The predicted octanol–water partition coefficient (Wildman–Crippen LogP) is 7.85. The maximum absolute atomic E-state index is 14.2. The summed E-state index contributed by atoms with van der Waals surface area (Å²) < 4.78 is 7.50. The molecule has 8 rings (SSSR count). The molecule has 0 amide bonds. The van der Waals surface area contributed by atoms with Crippen molar-refractivity contribution in [3.8, 4) is 0 Å². The first-order chi connectivity index (χ1) is 23.2. The van der Waals surface area contributed by atoms with Crippen LogP contribution in [-0.2, 0) is 14.3 Å². The fourth-order valence-corrected chi connectivity index (χ4v) is 14.4. The van der Waals surface area contributed by atoms with Crippen LogP contribution in [0.2, 0.25) is 0 Å². The number of fused-ring (bicyclic) bond motifs is 2. The Hall–Kier alpha value is -1.24. The number of ether oxygens (including phenoxy) is 1. The first kappa shape index (κ1) is 33.9. The molecule has 10 atom stereocenters. The molecule has 3 aliphatic heterocycles.